The summed E-state index contributed by atoms with van der Waals surface area (Å²) >= 11 is 5.76. The summed E-state index contributed by atoms with van der Waals surface area (Å²) in [5.41, 5.74) is -1.32. The third-order valence-corrected chi connectivity index (χ3v) is 5.16. The fraction of sp³-hybridized carbons (Fsp3) is 0.333. The number of nitrogens with zero attached hydrogens (tertiary/aromatic N) is 2. The molecule has 0 saturated heterocycles. The van der Waals surface area contributed by atoms with E-state index in [4.69, 9.17) is 16.7 Å². The lowest BCUT2D eigenvalue weighted by molar-refractivity contribution is -0.139. The molecule has 1 aromatic carbocycles. The van der Waals surface area contributed by atoms with Gasteiger partial charge in [0.25, 0.3) is 0 Å². The van der Waals surface area contributed by atoms with Gasteiger partial charge in [-0.1, -0.05) is 12.1 Å². The zero-order chi connectivity index (χ0) is 19.5. The van der Waals surface area contributed by atoms with E-state index in [1.807, 2.05) is 0 Å². The van der Waals surface area contributed by atoms with E-state index < -0.39 is 38.3 Å². The van der Waals surface area contributed by atoms with Gasteiger partial charge in [-0.15, -0.1) is 0 Å². The van der Waals surface area contributed by atoms with Crippen molar-refractivity contribution in [1.82, 2.24) is 9.97 Å². The van der Waals surface area contributed by atoms with Gasteiger partial charge in [-0.25, -0.2) is 18.4 Å². The van der Waals surface area contributed by atoms with Crippen LogP contribution in [0, 0.1) is 0 Å². The van der Waals surface area contributed by atoms with Crippen LogP contribution in [0.1, 0.15) is 18.2 Å². The molecule has 2 N–H and O–H groups in total. The molecule has 0 spiro atoms. The number of aromatic nitrogens is 2. The molecule has 0 aliphatic heterocycles. The van der Waals surface area contributed by atoms with Gasteiger partial charge in [0.2, 0.25) is 5.28 Å². The van der Waals surface area contributed by atoms with E-state index in [0.29, 0.717) is 6.07 Å². The Balaban J connectivity index is 2.39. The molecule has 6 nitrogen and oxygen atoms in total. The van der Waals surface area contributed by atoms with Crippen molar-refractivity contribution in [3.05, 3.63) is 46.9 Å². The lowest BCUT2D eigenvalue weighted by Crippen LogP contribution is -2.20. The fourth-order valence-corrected chi connectivity index (χ4v) is 3.85. The lowest BCUT2D eigenvalue weighted by atomic mass is 10.2. The van der Waals surface area contributed by atoms with Gasteiger partial charge in [0.05, 0.1) is 28.5 Å². The zero-order valence-corrected chi connectivity index (χ0v) is 15.0. The van der Waals surface area contributed by atoms with Gasteiger partial charge in [-0.2, -0.15) is 13.2 Å². The van der Waals surface area contributed by atoms with Gasteiger partial charge >= 0.3 is 6.18 Å². The molecular weight excluding hydrogens is 395 g/mol. The second-order valence-electron chi connectivity index (χ2n) is 5.49. The SMILES string of the molecule is C[C@@H](CO)Nc1cc(CS(=O)(=O)c2ccccc2C(F)(F)F)nc(Cl)n1. The first-order chi connectivity index (χ1) is 12.0. The minimum atomic E-state index is -4.81. The van der Waals surface area contributed by atoms with Gasteiger partial charge < -0.3 is 10.4 Å². The summed E-state index contributed by atoms with van der Waals surface area (Å²) < 4.78 is 64.3. The number of alkyl halides is 3. The van der Waals surface area contributed by atoms with Crippen LogP contribution in [0.5, 0.6) is 0 Å². The second-order valence-corrected chi connectivity index (χ2v) is 7.79. The first-order valence-corrected chi connectivity index (χ1v) is 9.36. The van der Waals surface area contributed by atoms with E-state index >= 15 is 0 Å². The third kappa shape index (κ3) is 5.05. The van der Waals surface area contributed by atoms with Crippen LogP contribution < -0.4 is 5.32 Å². The summed E-state index contributed by atoms with van der Waals surface area (Å²) in [6, 6.07) is 4.79. The molecule has 2 aromatic rings. The van der Waals surface area contributed by atoms with E-state index in [-0.39, 0.29) is 23.4 Å². The fourth-order valence-electron chi connectivity index (χ4n) is 2.16. The van der Waals surface area contributed by atoms with E-state index in [1.165, 1.54) is 12.1 Å². The maximum absolute atomic E-state index is 13.1. The number of halogens is 4. The summed E-state index contributed by atoms with van der Waals surface area (Å²) in [4.78, 5) is 6.77. The van der Waals surface area contributed by atoms with E-state index in [2.05, 4.69) is 15.3 Å². The molecule has 26 heavy (non-hydrogen) atoms. The van der Waals surface area contributed by atoms with Gasteiger partial charge in [-0.05, 0) is 30.7 Å². The number of benzene rings is 1. The minimum absolute atomic E-state index is 0.0744. The molecule has 0 aliphatic carbocycles. The standard InChI is InChI=1S/C15H15ClF3N3O3S/c1-9(7-23)20-13-6-10(21-14(16)22-13)8-26(24,25)12-5-3-2-4-11(12)15(17,18)19/h2-6,9,23H,7-8H2,1H3,(H,20,21,22)/t9-/m0/s1. The molecule has 0 amide bonds. The first-order valence-electron chi connectivity index (χ1n) is 7.33. The summed E-state index contributed by atoms with van der Waals surface area (Å²) in [5, 5.41) is 11.5. The van der Waals surface area contributed by atoms with Crippen molar-refractivity contribution in [2.45, 2.75) is 29.8 Å². The minimum Gasteiger partial charge on any atom is -0.394 e. The van der Waals surface area contributed by atoms with Crippen molar-refractivity contribution in [1.29, 1.82) is 0 Å². The zero-order valence-electron chi connectivity index (χ0n) is 13.5. The molecule has 0 radical (unpaired) electrons. The maximum Gasteiger partial charge on any atom is 0.417 e. The van der Waals surface area contributed by atoms with Crippen molar-refractivity contribution >= 4 is 27.3 Å². The van der Waals surface area contributed by atoms with Crippen LogP contribution in [0.25, 0.3) is 0 Å². The van der Waals surface area contributed by atoms with Gasteiger partial charge in [0, 0.05) is 12.1 Å². The number of aliphatic hydroxyl groups excluding tert-OH is 1. The molecule has 0 fully saturated rings. The quantitative estimate of drug-likeness (QED) is 0.713. The molecule has 0 unspecified atom stereocenters. The number of hydrogen-bond acceptors (Lipinski definition) is 6. The summed E-state index contributed by atoms with van der Waals surface area (Å²) in [6.07, 6.45) is -4.81. The maximum atomic E-state index is 13.1. The highest BCUT2D eigenvalue weighted by Crippen LogP contribution is 2.35. The van der Waals surface area contributed by atoms with Crippen LogP contribution >= 0.6 is 11.6 Å². The molecular formula is C15H15ClF3N3O3S. The van der Waals surface area contributed by atoms with E-state index in [9.17, 15) is 21.6 Å². The summed E-state index contributed by atoms with van der Waals surface area (Å²) in [7, 11) is -4.34. The predicted molar refractivity (Wildman–Crippen MR) is 89.5 cm³/mol. The molecule has 1 heterocycles. The summed E-state index contributed by atoms with van der Waals surface area (Å²) in [6.45, 7) is 1.43. The van der Waals surface area contributed by atoms with Crippen LogP contribution in [0.3, 0.4) is 0 Å². The highest BCUT2D eigenvalue weighted by Gasteiger charge is 2.37. The average molecular weight is 410 g/mol. The van der Waals surface area contributed by atoms with Crippen LogP contribution in [0.2, 0.25) is 5.28 Å². The monoisotopic (exact) mass is 409 g/mol. The molecule has 2 rings (SSSR count). The lowest BCUT2D eigenvalue weighted by Gasteiger charge is -2.14. The Hall–Kier alpha value is -1.91. The predicted octanol–water partition coefficient (Wildman–Crippen LogP) is 2.92. The molecule has 1 atom stereocenters. The van der Waals surface area contributed by atoms with E-state index in [1.54, 1.807) is 6.92 Å². The highest BCUT2D eigenvalue weighted by atomic mass is 35.5. The van der Waals surface area contributed by atoms with Crippen molar-refractivity contribution in [3.63, 3.8) is 0 Å². The molecule has 0 aliphatic rings. The number of nitrogens with one attached hydrogen (secondary N) is 1. The number of rotatable bonds is 6. The van der Waals surface area contributed by atoms with Crippen molar-refractivity contribution < 1.29 is 26.7 Å². The van der Waals surface area contributed by atoms with Crippen molar-refractivity contribution in [2.75, 3.05) is 11.9 Å². The van der Waals surface area contributed by atoms with Crippen LogP contribution in [0.4, 0.5) is 19.0 Å². The van der Waals surface area contributed by atoms with Crippen LogP contribution in [-0.2, 0) is 21.8 Å². The molecule has 142 valence electrons. The van der Waals surface area contributed by atoms with Gasteiger partial charge in [-0.3, -0.25) is 0 Å². The molecule has 11 heteroatoms. The normalized spacial score (nSPS) is 13.5. The molecule has 0 bridgehead atoms. The number of anilines is 1. The summed E-state index contributed by atoms with van der Waals surface area (Å²) in [5.74, 6) is -0.634. The van der Waals surface area contributed by atoms with Gasteiger partial charge in [0.15, 0.2) is 9.84 Å². The Morgan fingerprint density at radius 2 is 1.92 bits per heavy atom. The smallest absolute Gasteiger partial charge is 0.394 e. The largest absolute Gasteiger partial charge is 0.417 e. The Kier molecular flexibility index (Phi) is 6.09. The second kappa shape index (κ2) is 7.77. The van der Waals surface area contributed by atoms with Crippen LogP contribution in [-0.4, -0.2) is 36.1 Å². The Morgan fingerprint density at radius 3 is 2.54 bits per heavy atom. The van der Waals surface area contributed by atoms with Gasteiger partial charge in [0.1, 0.15) is 5.82 Å². The average Bonchev–Trinajstić information content (AvgIpc) is 2.53. The molecule has 1 aromatic heterocycles. The Labute approximate surface area is 153 Å². The van der Waals surface area contributed by atoms with Crippen LogP contribution in [0.15, 0.2) is 35.2 Å². The van der Waals surface area contributed by atoms with Crippen molar-refractivity contribution in [3.8, 4) is 0 Å². The topological polar surface area (TPSA) is 92.2 Å². The number of sulfone groups is 1. The van der Waals surface area contributed by atoms with E-state index in [0.717, 1.165) is 12.1 Å². The third-order valence-electron chi connectivity index (χ3n) is 3.29. The molecule has 0 saturated carbocycles. The number of hydrogen-bond donors (Lipinski definition) is 2. The van der Waals surface area contributed by atoms with Crippen molar-refractivity contribution in [2.24, 2.45) is 0 Å². The Morgan fingerprint density at radius 1 is 1.27 bits per heavy atom. The Bertz CT molecular complexity index is 891. The number of aliphatic hydroxyl groups is 1. The highest BCUT2D eigenvalue weighted by molar-refractivity contribution is 7.90. The first kappa shape index (κ1) is 20.4.